The van der Waals surface area contributed by atoms with Crippen LogP contribution in [0.25, 0.3) is 22.6 Å². The molecule has 4 rings (SSSR count). The predicted molar refractivity (Wildman–Crippen MR) is 138 cm³/mol. The Morgan fingerprint density at radius 3 is 2.31 bits per heavy atom. The standard InChI is InChI=1S/C25H33BF3N3O3Si/c1-23(2)24(3,4)35-26(34-23)18-8-9-19-21(15-18)32(16-33-12-13-36(5,6)7)22(31-19)20-14-17(10-11-30-20)25(27,28)29/h8-11,14-15H,12-13,16H2,1-7H3. The van der Waals surface area contributed by atoms with Gasteiger partial charge in [-0.3, -0.25) is 9.55 Å². The molecular weight excluding hydrogens is 486 g/mol. The van der Waals surface area contributed by atoms with Crippen LogP contribution in [-0.2, 0) is 27.0 Å². The van der Waals surface area contributed by atoms with E-state index in [0.717, 1.165) is 29.8 Å². The van der Waals surface area contributed by atoms with E-state index < -0.39 is 38.1 Å². The Bertz CT molecular complexity index is 1240. The first-order valence-electron chi connectivity index (χ1n) is 12.0. The van der Waals surface area contributed by atoms with Gasteiger partial charge >= 0.3 is 13.3 Å². The number of halogens is 3. The van der Waals surface area contributed by atoms with E-state index in [4.69, 9.17) is 14.0 Å². The minimum absolute atomic E-state index is 0.131. The molecule has 3 heterocycles. The molecule has 0 atom stereocenters. The third-order valence-corrected chi connectivity index (χ3v) is 8.53. The lowest BCUT2D eigenvalue weighted by Gasteiger charge is -2.32. The molecule has 6 nitrogen and oxygen atoms in total. The van der Waals surface area contributed by atoms with Crippen molar-refractivity contribution in [1.82, 2.24) is 14.5 Å². The van der Waals surface area contributed by atoms with Gasteiger partial charge in [0.2, 0.25) is 0 Å². The molecule has 1 saturated heterocycles. The number of rotatable bonds is 7. The SMILES string of the molecule is CC1(C)OB(c2ccc3nc(-c4cc(C(F)(F)F)ccn4)n(COCC[Si](C)(C)C)c3c2)OC1(C)C. The minimum atomic E-state index is -4.48. The third kappa shape index (κ3) is 5.54. The lowest BCUT2D eigenvalue weighted by molar-refractivity contribution is -0.137. The number of nitrogens with zero attached hydrogens (tertiary/aromatic N) is 3. The Morgan fingerprint density at radius 2 is 1.69 bits per heavy atom. The van der Waals surface area contributed by atoms with Crippen molar-refractivity contribution in [3.05, 3.63) is 42.1 Å². The highest BCUT2D eigenvalue weighted by molar-refractivity contribution is 6.76. The maximum absolute atomic E-state index is 13.4. The first-order chi connectivity index (χ1) is 16.6. The summed E-state index contributed by atoms with van der Waals surface area (Å²) in [5.74, 6) is 0.315. The summed E-state index contributed by atoms with van der Waals surface area (Å²) in [6.45, 7) is 15.4. The lowest BCUT2D eigenvalue weighted by Crippen LogP contribution is -2.41. The van der Waals surface area contributed by atoms with E-state index in [1.54, 1.807) is 4.57 Å². The number of pyridine rings is 1. The van der Waals surface area contributed by atoms with Crippen molar-refractivity contribution in [1.29, 1.82) is 0 Å². The molecule has 11 heteroatoms. The van der Waals surface area contributed by atoms with Gasteiger partial charge in [0.1, 0.15) is 12.4 Å². The summed E-state index contributed by atoms with van der Waals surface area (Å²) >= 11 is 0. The smallest absolute Gasteiger partial charge is 0.399 e. The van der Waals surface area contributed by atoms with E-state index >= 15 is 0 Å². The average molecular weight is 519 g/mol. The zero-order chi connectivity index (χ0) is 26.5. The molecule has 1 aliphatic rings. The fraction of sp³-hybridized carbons (Fsp3) is 0.520. The number of benzene rings is 1. The van der Waals surface area contributed by atoms with Gasteiger partial charge in [-0.25, -0.2) is 4.98 Å². The van der Waals surface area contributed by atoms with E-state index in [1.807, 2.05) is 45.9 Å². The monoisotopic (exact) mass is 519 g/mol. The molecule has 1 fully saturated rings. The number of aromatic nitrogens is 3. The number of fused-ring (bicyclic) bond motifs is 1. The summed E-state index contributed by atoms with van der Waals surface area (Å²) < 4.78 is 60.4. The molecule has 194 valence electrons. The second-order valence-corrected chi connectivity index (χ2v) is 17.1. The van der Waals surface area contributed by atoms with Gasteiger partial charge < -0.3 is 14.0 Å². The number of hydrogen-bond donors (Lipinski definition) is 0. The first kappa shape index (κ1) is 26.8. The van der Waals surface area contributed by atoms with Gasteiger partial charge in [0.15, 0.2) is 5.82 Å². The third-order valence-electron chi connectivity index (χ3n) is 6.83. The Labute approximate surface area is 211 Å². The molecule has 1 aliphatic heterocycles. The molecule has 0 radical (unpaired) electrons. The van der Waals surface area contributed by atoms with Crippen LogP contribution < -0.4 is 5.46 Å². The second kappa shape index (κ2) is 9.27. The number of hydrogen-bond acceptors (Lipinski definition) is 5. The predicted octanol–water partition coefficient (Wildman–Crippen LogP) is 5.73. The Morgan fingerprint density at radius 1 is 1.03 bits per heavy atom. The lowest BCUT2D eigenvalue weighted by atomic mass is 9.79. The van der Waals surface area contributed by atoms with Gasteiger partial charge in [-0.1, -0.05) is 25.7 Å². The van der Waals surface area contributed by atoms with Crippen LogP contribution in [0.15, 0.2) is 36.5 Å². The van der Waals surface area contributed by atoms with Crippen molar-refractivity contribution < 1.29 is 27.2 Å². The molecule has 1 aromatic carbocycles. The van der Waals surface area contributed by atoms with Crippen molar-refractivity contribution in [3.8, 4) is 11.5 Å². The Kier molecular flexibility index (Phi) is 6.91. The van der Waals surface area contributed by atoms with Gasteiger partial charge in [0.25, 0.3) is 0 Å². The van der Waals surface area contributed by atoms with Gasteiger partial charge in [-0.15, -0.1) is 0 Å². The molecule has 0 unspecified atom stereocenters. The first-order valence-corrected chi connectivity index (χ1v) is 15.8. The fourth-order valence-electron chi connectivity index (χ4n) is 3.86. The van der Waals surface area contributed by atoms with Crippen LogP contribution in [0.5, 0.6) is 0 Å². The summed E-state index contributed by atoms with van der Waals surface area (Å²) in [5.41, 5.74) is 0.492. The van der Waals surface area contributed by atoms with Crippen LogP contribution in [0.3, 0.4) is 0 Å². The van der Waals surface area contributed by atoms with Crippen LogP contribution >= 0.6 is 0 Å². The molecule has 0 bridgehead atoms. The van der Waals surface area contributed by atoms with Gasteiger partial charge in [-0.2, -0.15) is 13.2 Å². The average Bonchev–Trinajstić information content (AvgIpc) is 3.22. The minimum Gasteiger partial charge on any atom is -0.399 e. The van der Waals surface area contributed by atoms with Crippen LogP contribution in [0.4, 0.5) is 13.2 Å². The maximum Gasteiger partial charge on any atom is 0.494 e. The van der Waals surface area contributed by atoms with Gasteiger partial charge in [-0.05, 0) is 63.5 Å². The Balaban J connectivity index is 1.75. The largest absolute Gasteiger partial charge is 0.494 e. The second-order valence-electron chi connectivity index (χ2n) is 11.5. The zero-order valence-corrected chi connectivity index (χ0v) is 22.9. The number of imidazole rings is 1. The normalized spacial score (nSPS) is 17.8. The molecule has 0 amide bonds. The summed E-state index contributed by atoms with van der Waals surface area (Å²) in [7, 11) is -1.89. The molecule has 36 heavy (non-hydrogen) atoms. The number of ether oxygens (including phenoxy) is 1. The van der Waals surface area contributed by atoms with Crippen molar-refractivity contribution in [2.45, 2.75) is 77.5 Å². The van der Waals surface area contributed by atoms with Crippen LogP contribution in [-0.4, -0.2) is 47.5 Å². The van der Waals surface area contributed by atoms with Crippen molar-refractivity contribution in [2.24, 2.45) is 0 Å². The summed E-state index contributed by atoms with van der Waals surface area (Å²) in [6, 6.07) is 8.55. The molecule has 3 aromatic rings. The van der Waals surface area contributed by atoms with E-state index in [2.05, 4.69) is 29.6 Å². The van der Waals surface area contributed by atoms with Crippen molar-refractivity contribution in [3.63, 3.8) is 0 Å². The highest BCUT2D eigenvalue weighted by Gasteiger charge is 2.51. The quantitative estimate of drug-likeness (QED) is 0.295. The van der Waals surface area contributed by atoms with Crippen LogP contribution in [0, 0.1) is 0 Å². The zero-order valence-electron chi connectivity index (χ0n) is 21.9. The topological polar surface area (TPSA) is 58.4 Å². The molecule has 2 aromatic heterocycles. The molecule has 0 saturated carbocycles. The van der Waals surface area contributed by atoms with Crippen molar-refractivity contribution in [2.75, 3.05) is 6.61 Å². The summed E-state index contributed by atoms with van der Waals surface area (Å²) in [6.07, 6.45) is -3.32. The maximum atomic E-state index is 13.4. The highest BCUT2D eigenvalue weighted by Crippen LogP contribution is 2.37. The Hall–Kier alpha value is -2.21. The van der Waals surface area contributed by atoms with E-state index in [9.17, 15) is 13.2 Å². The molecule has 0 N–H and O–H groups in total. The van der Waals surface area contributed by atoms with Crippen LogP contribution in [0.2, 0.25) is 25.7 Å². The van der Waals surface area contributed by atoms with Gasteiger partial charge in [0.05, 0.1) is 27.8 Å². The summed E-state index contributed by atoms with van der Waals surface area (Å²) in [5, 5.41) is 0. The van der Waals surface area contributed by atoms with Crippen LogP contribution in [0.1, 0.15) is 33.3 Å². The van der Waals surface area contributed by atoms with E-state index in [-0.39, 0.29) is 12.4 Å². The van der Waals surface area contributed by atoms with Crippen molar-refractivity contribution >= 4 is 31.7 Å². The molecule has 0 aliphatic carbocycles. The molecular formula is C25H33BF3N3O3Si. The van der Waals surface area contributed by atoms with E-state index in [0.29, 0.717) is 23.5 Å². The van der Waals surface area contributed by atoms with Gasteiger partial charge in [0, 0.05) is 20.9 Å². The summed E-state index contributed by atoms with van der Waals surface area (Å²) in [4.78, 5) is 8.84. The highest BCUT2D eigenvalue weighted by atomic mass is 28.3. The molecule has 0 spiro atoms. The van der Waals surface area contributed by atoms with E-state index in [1.165, 1.54) is 0 Å². The number of alkyl halides is 3. The fourth-order valence-corrected chi connectivity index (χ4v) is 4.61.